The van der Waals surface area contributed by atoms with Gasteiger partial charge in [0.2, 0.25) is 0 Å². The van der Waals surface area contributed by atoms with Crippen molar-refractivity contribution in [2.45, 2.75) is 26.3 Å². The van der Waals surface area contributed by atoms with Crippen LogP contribution in [0.1, 0.15) is 31.3 Å². The maximum absolute atomic E-state index is 4.30. The molecule has 0 aliphatic rings. The average molecular weight is 202 g/mol. The molecule has 0 bridgehead atoms. The summed E-state index contributed by atoms with van der Waals surface area (Å²) in [6, 6.07) is 10.4. The van der Waals surface area contributed by atoms with Gasteiger partial charge in [-0.2, -0.15) is 4.80 Å². The number of hydrogen-bond acceptors (Lipinski definition) is 3. The van der Waals surface area contributed by atoms with Crippen molar-refractivity contribution in [3.05, 3.63) is 41.7 Å². The van der Waals surface area contributed by atoms with Crippen LogP contribution in [-0.4, -0.2) is 20.2 Å². The number of aromatic nitrogens is 4. The Morgan fingerprint density at radius 2 is 1.93 bits per heavy atom. The topological polar surface area (TPSA) is 43.6 Å². The minimum absolute atomic E-state index is 0.266. The molecule has 0 amide bonds. The molecule has 1 aromatic carbocycles. The molecule has 0 saturated carbocycles. The lowest BCUT2D eigenvalue weighted by atomic mass is 10.1. The summed E-state index contributed by atoms with van der Waals surface area (Å²) < 4.78 is 0. The van der Waals surface area contributed by atoms with Gasteiger partial charge in [-0.25, -0.2) is 0 Å². The van der Waals surface area contributed by atoms with Gasteiger partial charge in [-0.1, -0.05) is 30.3 Å². The highest BCUT2D eigenvalue weighted by Gasteiger charge is 2.05. The first kappa shape index (κ1) is 9.83. The van der Waals surface area contributed by atoms with Gasteiger partial charge in [0, 0.05) is 6.42 Å². The van der Waals surface area contributed by atoms with Crippen molar-refractivity contribution in [3.63, 3.8) is 0 Å². The van der Waals surface area contributed by atoms with Crippen LogP contribution >= 0.6 is 0 Å². The van der Waals surface area contributed by atoms with Crippen LogP contribution in [0, 0.1) is 0 Å². The molecule has 0 aliphatic heterocycles. The van der Waals surface area contributed by atoms with E-state index in [0.29, 0.717) is 0 Å². The Labute approximate surface area is 88.9 Å². The Balaban J connectivity index is 2.12. The predicted molar refractivity (Wildman–Crippen MR) is 57.5 cm³/mol. The van der Waals surface area contributed by atoms with Crippen LogP contribution in [0.3, 0.4) is 0 Å². The Kier molecular flexibility index (Phi) is 2.76. The first-order chi connectivity index (χ1) is 7.25. The molecule has 0 saturated heterocycles. The highest BCUT2D eigenvalue weighted by molar-refractivity contribution is 5.17. The molecule has 15 heavy (non-hydrogen) atoms. The molecule has 0 radical (unpaired) electrons. The van der Waals surface area contributed by atoms with E-state index in [1.807, 2.05) is 32.0 Å². The molecule has 0 atom stereocenters. The third-order valence-corrected chi connectivity index (χ3v) is 2.14. The van der Waals surface area contributed by atoms with Gasteiger partial charge in [0.15, 0.2) is 5.82 Å². The van der Waals surface area contributed by atoms with E-state index in [2.05, 4.69) is 27.5 Å². The lowest BCUT2D eigenvalue weighted by Gasteiger charge is -1.99. The van der Waals surface area contributed by atoms with Gasteiger partial charge in [-0.05, 0) is 24.6 Å². The van der Waals surface area contributed by atoms with Crippen molar-refractivity contribution in [1.29, 1.82) is 0 Å². The zero-order chi connectivity index (χ0) is 10.7. The summed E-state index contributed by atoms with van der Waals surface area (Å²) in [6.07, 6.45) is 0.744. The summed E-state index contributed by atoms with van der Waals surface area (Å²) in [4.78, 5) is 1.64. The molecule has 2 rings (SSSR count). The van der Waals surface area contributed by atoms with Gasteiger partial charge in [0.25, 0.3) is 0 Å². The normalized spacial score (nSPS) is 10.9. The summed E-state index contributed by atoms with van der Waals surface area (Å²) >= 11 is 0. The van der Waals surface area contributed by atoms with Crippen LogP contribution in [0.25, 0.3) is 0 Å². The minimum atomic E-state index is 0.266. The second-order valence-corrected chi connectivity index (χ2v) is 3.78. The highest BCUT2D eigenvalue weighted by atomic mass is 15.6. The molecule has 0 unspecified atom stereocenters. The van der Waals surface area contributed by atoms with E-state index in [9.17, 15) is 0 Å². The van der Waals surface area contributed by atoms with Gasteiger partial charge < -0.3 is 0 Å². The second-order valence-electron chi connectivity index (χ2n) is 3.78. The zero-order valence-electron chi connectivity index (χ0n) is 8.96. The van der Waals surface area contributed by atoms with E-state index in [1.54, 1.807) is 4.80 Å². The number of benzene rings is 1. The van der Waals surface area contributed by atoms with Crippen LogP contribution in [0.15, 0.2) is 30.3 Å². The molecule has 2 aromatic rings. The van der Waals surface area contributed by atoms with Crippen LogP contribution in [0.4, 0.5) is 0 Å². The van der Waals surface area contributed by atoms with E-state index < -0.39 is 0 Å². The van der Waals surface area contributed by atoms with Crippen LogP contribution in [-0.2, 0) is 6.42 Å². The largest absolute Gasteiger partial charge is 0.179 e. The molecule has 1 aromatic heterocycles. The highest BCUT2D eigenvalue weighted by Crippen LogP contribution is 2.05. The van der Waals surface area contributed by atoms with Gasteiger partial charge in [0.05, 0.1) is 6.04 Å². The third kappa shape index (κ3) is 2.40. The summed E-state index contributed by atoms with van der Waals surface area (Å²) in [5, 5.41) is 12.3. The van der Waals surface area contributed by atoms with E-state index in [0.717, 1.165) is 12.2 Å². The van der Waals surface area contributed by atoms with Crippen molar-refractivity contribution >= 4 is 0 Å². The fourth-order valence-electron chi connectivity index (χ4n) is 1.32. The number of hydrogen-bond donors (Lipinski definition) is 0. The first-order valence-electron chi connectivity index (χ1n) is 5.08. The lowest BCUT2D eigenvalue weighted by molar-refractivity contribution is 0.454. The SMILES string of the molecule is CC(C)n1nnc(Cc2ccccc2)n1. The molecule has 0 aliphatic carbocycles. The number of nitrogens with zero attached hydrogens (tertiary/aromatic N) is 4. The molecule has 0 fully saturated rings. The molecular formula is C11H14N4. The average Bonchev–Trinajstić information content (AvgIpc) is 2.68. The molecule has 1 heterocycles. The number of rotatable bonds is 3. The van der Waals surface area contributed by atoms with Crippen molar-refractivity contribution in [2.75, 3.05) is 0 Å². The van der Waals surface area contributed by atoms with Gasteiger partial charge in [-0.3, -0.25) is 0 Å². The smallest absolute Gasteiger partial charge is 0.162 e. The van der Waals surface area contributed by atoms with Gasteiger partial charge >= 0.3 is 0 Å². The fourth-order valence-corrected chi connectivity index (χ4v) is 1.32. The Bertz CT molecular complexity index is 419. The zero-order valence-corrected chi connectivity index (χ0v) is 8.96. The van der Waals surface area contributed by atoms with E-state index in [1.165, 1.54) is 5.56 Å². The maximum atomic E-state index is 4.30. The molecule has 78 valence electrons. The van der Waals surface area contributed by atoms with Crippen LogP contribution < -0.4 is 0 Å². The quantitative estimate of drug-likeness (QED) is 0.762. The molecule has 4 nitrogen and oxygen atoms in total. The number of tetrazole rings is 1. The lowest BCUT2D eigenvalue weighted by Crippen LogP contribution is -2.05. The minimum Gasteiger partial charge on any atom is -0.162 e. The van der Waals surface area contributed by atoms with Crippen LogP contribution in [0.5, 0.6) is 0 Å². The van der Waals surface area contributed by atoms with Crippen molar-refractivity contribution in [1.82, 2.24) is 20.2 Å². The van der Waals surface area contributed by atoms with Crippen molar-refractivity contribution < 1.29 is 0 Å². The van der Waals surface area contributed by atoms with Crippen molar-refractivity contribution in [2.24, 2.45) is 0 Å². The van der Waals surface area contributed by atoms with E-state index >= 15 is 0 Å². The van der Waals surface area contributed by atoms with Crippen LogP contribution in [0.2, 0.25) is 0 Å². The third-order valence-electron chi connectivity index (χ3n) is 2.14. The van der Waals surface area contributed by atoms with E-state index in [-0.39, 0.29) is 6.04 Å². The molecule has 4 heteroatoms. The summed E-state index contributed by atoms with van der Waals surface area (Å²) in [7, 11) is 0. The Morgan fingerprint density at radius 1 is 1.20 bits per heavy atom. The summed E-state index contributed by atoms with van der Waals surface area (Å²) in [5.41, 5.74) is 1.21. The summed E-state index contributed by atoms with van der Waals surface area (Å²) in [6.45, 7) is 4.07. The molecule has 0 spiro atoms. The maximum Gasteiger partial charge on any atom is 0.179 e. The van der Waals surface area contributed by atoms with Gasteiger partial charge in [0.1, 0.15) is 0 Å². The standard InChI is InChI=1S/C11H14N4/c1-9(2)15-13-11(12-14-15)8-10-6-4-3-5-7-10/h3-7,9H,8H2,1-2H3. The van der Waals surface area contributed by atoms with Gasteiger partial charge in [-0.15, -0.1) is 10.2 Å². The van der Waals surface area contributed by atoms with E-state index in [4.69, 9.17) is 0 Å². The molecular weight excluding hydrogens is 188 g/mol. The fraction of sp³-hybridized carbons (Fsp3) is 0.364. The Hall–Kier alpha value is -1.71. The Morgan fingerprint density at radius 3 is 2.53 bits per heavy atom. The monoisotopic (exact) mass is 202 g/mol. The first-order valence-corrected chi connectivity index (χ1v) is 5.08. The molecule has 0 N–H and O–H groups in total. The second kappa shape index (κ2) is 4.21. The summed E-state index contributed by atoms with van der Waals surface area (Å²) in [5.74, 6) is 0.773. The predicted octanol–water partition coefficient (Wildman–Crippen LogP) is 1.84. The van der Waals surface area contributed by atoms with Crippen molar-refractivity contribution in [3.8, 4) is 0 Å².